The number of rotatable bonds is 9. The Morgan fingerprint density at radius 3 is 1.69 bits per heavy atom. The second-order valence-corrected chi connectivity index (χ2v) is 14.3. The summed E-state index contributed by atoms with van der Waals surface area (Å²) in [5, 5.41) is 20.8. The summed E-state index contributed by atoms with van der Waals surface area (Å²) < 4.78 is 29.7. The van der Waals surface area contributed by atoms with Crippen LogP contribution < -0.4 is 15.2 Å². The molecule has 0 spiro atoms. The number of nitrogens with one attached hydrogen (secondary N) is 2. The number of primary amides is 1. The summed E-state index contributed by atoms with van der Waals surface area (Å²) >= 11 is 0. The molecule has 0 saturated carbocycles. The highest BCUT2D eigenvalue weighted by molar-refractivity contribution is 7.84. The molecule has 6 N–H and O–H groups in total. The molecular formula is C26H42N6O5S2. The first-order chi connectivity index (χ1) is 18.1. The summed E-state index contributed by atoms with van der Waals surface area (Å²) in [7, 11) is -2.30. The van der Waals surface area contributed by atoms with Gasteiger partial charge in [0.2, 0.25) is 0 Å². The highest BCUT2D eigenvalue weighted by Crippen LogP contribution is 2.21. The van der Waals surface area contributed by atoms with E-state index in [4.69, 9.17) is 21.5 Å². The van der Waals surface area contributed by atoms with E-state index in [1.54, 1.807) is 30.6 Å². The van der Waals surface area contributed by atoms with Gasteiger partial charge in [-0.25, -0.2) is 22.8 Å². The van der Waals surface area contributed by atoms with Crippen molar-refractivity contribution >= 4 is 27.9 Å². The second kappa shape index (κ2) is 17.2. The van der Waals surface area contributed by atoms with Gasteiger partial charge in [0.1, 0.15) is 17.5 Å². The van der Waals surface area contributed by atoms with Crippen LogP contribution in [-0.4, -0.2) is 44.3 Å². The van der Waals surface area contributed by atoms with Crippen molar-refractivity contribution in [1.82, 2.24) is 19.4 Å². The quantitative estimate of drug-likeness (QED) is 0.215. The van der Waals surface area contributed by atoms with Crippen LogP contribution in [0, 0.1) is 11.3 Å². The average Bonchev–Trinajstić information content (AvgIpc) is 2.90. The molecule has 0 aliphatic rings. The maximum Gasteiger partial charge on any atom is 0.267 e. The molecule has 11 nitrogen and oxygen atoms in total. The fourth-order valence-corrected chi connectivity index (χ4v) is 4.74. The van der Waals surface area contributed by atoms with Crippen molar-refractivity contribution in [3.05, 3.63) is 59.2 Å². The molecule has 2 heterocycles. The molecule has 0 saturated heterocycles. The third kappa shape index (κ3) is 12.9. The van der Waals surface area contributed by atoms with E-state index >= 15 is 0 Å². The Hall–Kier alpha value is -2.60. The van der Waals surface area contributed by atoms with E-state index in [1.807, 2.05) is 67.5 Å². The van der Waals surface area contributed by atoms with Crippen LogP contribution in [0.3, 0.4) is 0 Å². The van der Waals surface area contributed by atoms with E-state index in [2.05, 4.69) is 19.4 Å². The van der Waals surface area contributed by atoms with Gasteiger partial charge in [-0.1, -0.05) is 13.8 Å². The summed E-state index contributed by atoms with van der Waals surface area (Å²) in [6.07, 6.45) is 4.71. The van der Waals surface area contributed by atoms with Crippen LogP contribution >= 0.6 is 0 Å². The van der Waals surface area contributed by atoms with Crippen LogP contribution in [0.4, 0.5) is 0 Å². The van der Waals surface area contributed by atoms with Crippen LogP contribution in [-0.2, 0) is 22.0 Å². The number of nitriles is 1. The zero-order valence-corrected chi connectivity index (χ0v) is 25.5. The summed E-state index contributed by atoms with van der Waals surface area (Å²) in [5.74, 6) is -0.561. The standard InChI is InChI=1S/C13H21N3O2S.C13H19N3OS.H2O2/c1-5-10(16-19(18)13(2,3)4)9-6-7-15-11(8-9)12(14)17;1-5-12(16-18(17)13(2,3)4)10-6-7-15-11(8-10)9-14;1-2/h6-8,10,16H,5H2,1-4H3,(H2,14,17);6-8,12,16H,5H2,1-4H3;1-2H/t10-,19?;12-,18?;/m00./s1. The monoisotopic (exact) mass is 582 g/mol. The number of nitrogens with two attached hydrogens (primary N) is 1. The molecule has 2 unspecified atom stereocenters. The lowest BCUT2D eigenvalue weighted by molar-refractivity contribution is -0.176. The van der Waals surface area contributed by atoms with E-state index < -0.39 is 27.9 Å². The van der Waals surface area contributed by atoms with Crippen molar-refractivity contribution < 1.29 is 23.7 Å². The highest BCUT2D eigenvalue weighted by Gasteiger charge is 2.24. The summed E-state index contributed by atoms with van der Waals surface area (Å²) in [4.78, 5) is 19.0. The lowest BCUT2D eigenvalue weighted by atomic mass is 10.1. The molecule has 2 rings (SSSR count). The first kappa shape index (κ1) is 36.4. The first-order valence-corrected chi connectivity index (χ1v) is 14.6. The number of carbonyl (C=O) groups excluding carboxylic acids is 1. The fourth-order valence-electron chi connectivity index (χ4n) is 2.91. The van der Waals surface area contributed by atoms with Crippen LogP contribution in [0.15, 0.2) is 36.7 Å². The lowest BCUT2D eigenvalue weighted by Gasteiger charge is -2.23. The Morgan fingerprint density at radius 1 is 0.923 bits per heavy atom. The van der Waals surface area contributed by atoms with E-state index in [1.165, 1.54) is 0 Å². The minimum Gasteiger partial charge on any atom is -0.364 e. The maximum absolute atomic E-state index is 12.1. The molecule has 13 heteroatoms. The summed E-state index contributed by atoms with van der Waals surface area (Å²) in [6, 6.07) is 8.92. The van der Waals surface area contributed by atoms with Crippen LogP contribution in [0.25, 0.3) is 0 Å². The van der Waals surface area contributed by atoms with Gasteiger partial charge in [0.15, 0.2) is 0 Å². The Kier molecular flexibility index (Phi) is 16.0. The van der Waals surface area contributed by atoms with E-state index in [9.17, 15) is 13.2 Å². The van der Waals surface area contributed by atoms with E-state index in [-0.39, 0.29) is 27.3 Å². The lowest BCUT2D eigenvalue weighted by Crippen LogP contribution is -2.35. The number of hydrogen-bond donors (Lipinski definition) is 5. The summed E-state index contributed by atoms with van der Waals surface area (Å²) in [6.45, 7) is 15.5. The third-order valence-electron chi connectivity index (χ3n) is 5.17. The first-order valence-electron chi connectivity index (χ1n) is 12.3. The molecule has 0 aliphatic carbocycles. The van der Waals surface area contributed by atoms with Gasteiger partial charge in [0.25, 0.3) is 5.91 Å². The second-order valence-electron chi connectivity index (χ2n) is 10.3. The minimum atomic E-state index is -1.17. The molecule has 2 aromatic rings. The highest BCUT2D eigenvalue weighted by atomic mass is 32.2. The molecule has 0 fully saturated rings. The number of pyridine rings is 2. The predicted octanol–water partition coefficient (Wildman–Crippen LogP) is 4.16. The van der Waals surface area contributed by atoms with Gasteiger partial charge in [0, 0.05) is 24.5 Å². The Balaban J connectivity index is 0.000000697. The Bertz CT molecular complexity index is 1140. The number of hydrogen-bond acceptors (Lipinski definition) is 8. The summed E-state index contributed by atoms with van der Waals surface area (Å²) in [5.41, 5.74) is 7.63. The SMILES string of the molecule is CC[C@H](NS(=O)C(C)(C)C)c1ccnc(C#N)c1.CC[C@H](NS(=O)C(C)(C)C)c1ccnc(C(N)=O)c1.OO. The number of aromatic nitrogens is 2. The molecule has 0 aliphatic heterocycles. The zero-order chi connectivity index (χ0) is 30.4. The topological polar surface area (TPSA) is 191 Å². The van der Waals surface area contributed by atoms with Gasteiger partial charge in [-0.05, 0) is 89.8 Å². The van der Waals surface area contributed by atoms with Crippen LogP contribution in [0.1, 0.15) is 108 Å². The van der Waals surface area contributed by atoms with Crippen LogP contribution in [0.5, 0.6) is 0 Å². The molecule has 0 aromatic carbocycles. The molecular weight excluding hydrogens is 540 g/mol. The van der Waals surface area contributed by atoms with Crippen molar-refractivity contribution in [2.45, 2.75) is 89.8 Å². The van der Waals surface area contributed by atoms with Gasteiger partial charge in [-0.15, -0.1) is 0 Å². The van der Waals surface area contributed by atoms with Gasteiger partial charge in [-0.3, -0.25) is 20.3 Å². The third-order valence-corrected chi connectivity index (χ3v) is 8.39. The van der Waals surface area contributed by atoms with Crippen molar-refractivity contribution in [2.75, 3.05) is 0 Å². The number of amides is 1. The molecule has 0 radical (unpaired) electrons. The molecule has 39 heavy (non-hydrogen) atoms. The normalized spacial score (nSPS) is 14.3. The molecule has 218 valence electrons. The van der Waals surface area contributed by atoms with Crippen molar-refractivity contribution in [3.8, 4) is 6.07 Å². The average molecular weight is 583 g/mol. The molecule has 4 atom stereocenters. The van der Waals surface area contributed by atoms with E-state index in [0.29, 0.717) is 5.69 Å². The van der Waals surface area contributed by atoms with Crippen molar-refractivity contribution in [1.29, 1.82) is 5.26 Å². The predicted molar refractivity (Wildman–Crippen MR) is 155 cm³/mol. The fraction of sp³-hybridized carbons (Fsp3) is 0.538. The van der Waals surface area contributed by atoms with Crippen LogP contribution in [0.2, 0.25) is 0 Å². The molecule has 0 bridgehead atoms. The van der Waals surface area contributed by atoms with Crippen molar-refractivity contribution in [3.63, 3.8) is 0 Å². The molecule has 2 aromatic heterocycles. The smallest absolute Gasteiger partial charge is 0.267 e. The largest absolute Gasteiger partial charge is 0.364 e. The zero-order valence-electron chi connectivity index (χ0n) is 23.9. The number of nitrogens with zero attached hydrogens (tertiary/aromatic N) is 3. The van der Waals surface area contributed by atoms with Gasteiger partial charge in [0.05, 0.1) is 31.5 Å². The van der Waals surface area contributed by atoms with Gasteiger partial charge < -0.3 is 5.73 Å². The Morgan fingerprint density at radius 2 is 1.33 bits per heavy atom. The van der Waals surface area contributed by atoms with Gasteiger partial charge in [-0.2, -0.15) is 5.26 Å². The van der Waals surface area contributed by atoms with Gasteiger partial charge >= 0.3 is 0 Å². The molecule has 1 amide bonds. The minimum absolute atomic E-state index is 0.0276. The van der Waals surface area contributed by atoms with E-state index in [0.717, 1.165) is 24.0 Å². The maximum atomic E-state index is 12.1. The number of carbonyl (C=O) groups is 1. The van der Waals surface area contributed by atoms with Crippen molar-refractivity contribution in [2.24, 2.45) is 5.73 Å². The Labute approximate surface area is 236 Å².